The van der Waals surface area contributed by atoms with Crippen LogP contribution in [0, 0.1) is 5.82 Å². The van der Waals surface area contributed by atoms with Gasteiger partial charge < -0.3 is 18.6 Å². The highest BCUT2D eigenvalue weighted by molar-refractivity contribution is 7.91. The number of ether oxygens (including phenoxy) is 3. The molecular weight excluding hydrogens is 736 g/mol. The molecule has 5 aromatic rings. The molecule has 0 fully saturated rings. The molecule has 12 heteroatoms. The molecule has 2 aromatic heterocycles. The lowest BCUT2D eigenvalue weighted by Crippen LogP contribution is -2.66. The fraction of sp³-hybridized carbons (Fsp3) is 0.302. The first-order chi connectivity index (χ1) is 26.2. The van der Waals surface area contributed by atoms with Crippen molar-refractivity contribution >= 4 is 45.7 Å². The van der Waals surface area contributed by atoms with Crippen molar-refractivity contribution in [2.24, 2.45) is 0 Å². The number of carbonyl (C=O) groups excluding carboxylic acids is 1. The monoisotopic (exact) mass is 782 g/mol. The summed E-state index contributed by atoms with van der Waals surface area (Å²) in [5.41, 5.74) is 0.214. The van der Waals surface area contributed by atoms with Crippen molar-refractivity contribution in [1.29, 1.82) is 0 Å². The number of nitrogens with zero attached hydrogens (tertiary/aromatic N) is 2. The largest absolute Gasteiger partial charge is 0.493 e. The summed E-state index contributed by atoms with van der Waals surface area (Å²) < 4.78 is 67.0. The smallest absolute Gasteiger partial charge is 0.341 e. The summed E-state index contributed by atoms with van der Waals surface area (Å²) >= 11 is 0. The quantitative estimate of drug-likeness (QED) is 0.0630. The van der Waals surface area contributed by atoms with E-state index in [4.69, 9.17) is 18.6 Å². The van der Waals surface area contributed by atoms with Gasteiger partial charge in [-0.05, 0) is 78.9 Å². The molecule has 0 spiro atoms. The molecule has 1 unspecified atom stereocenters. The number of esters is 1. The Kier molecular flexibility index (Phi) is 11.5. The zero-order chi connectivity index (χ0) is 39.4. The Morgan fingerprint density at radius 3 is 2.31 bits per heavy atom. The van der Waals surface area contributed by atoms with E-state index in [9.17, 15) is 17.6 Å². The average Bonchev–Trinajstić information content (AvgIpc) is 3.60. The third-order valence-corrected chi connectivity index (χ3v) is 17.5. The number of fused-ring (bicyclic) bond motifs is 1. The standard InChI is InChI=1S/C43H47FN2O7SSi/c1-31(16-15-27-51-55(42(2,3)4,35-17-9-7-10-18-35)36-19-11-8-12-20-36)52-39-21-13-14-25-43(39,5)54(48,49)46-26-24-32-28-34(30-45-40(32)46)53-38-29-33(44)22-23-37(38)41(47)50-6/h7-14,17-24,26,28-31H,15-16,25,27H2,1-6H3/t31?,43-/m1/s1. The predicted octanol–water partition coefficient (Wildman–Crippen LogP) is 8.30. The summed E-state index contributed by atoms with van der Waals surface area (Å²) in [6, 6.07) is 27.7. The van der Waals surface area contributed by atoms with E-state index in [2.05, 4.69) is 74.3 Å². The molecule has 0 N–H and O–H groups in total. The summed E-state index contributed by atoms with van der Waals surface area (Å²) in [7, 11) is -5.60. The second-order valence-corrected chi connectivity index (χ2v) is 21.5. The van der Waals surface area contributed by atoms with E-state index in [1.54, 1.807) is 25.1 Å². The highest BCUT2D eigenvalue weighted by Crippen LogP contribution is 2.39. The number of aromatic nitrogens is 2. The van der Waals surface area contributed by atoms with E-state index in [1.807, 2.05) is 31.2 Å². The van der Waals surface area contributed by atoms with Gasteiger partial charge in [0.05, 0.1) is 19.4 Å². The summed E-state index contributed by atoms with van der Waals surface area (Å²) in [5.74, 6) is -0.828. The van der Waals surface area contributed by atoms with Gasteiger partial charge in [0.2, 0.25) is 0 Å². The van der Waals surface area contributed by atoms with Crippen molar-refractivity contribution in [2.75, 3.05) is 13.7 Å². The molecule has 6 rings (SSSR count). The molecule has 0 saturated heterocycles. The molecule has 1 aliphatic rings. The van der Waals surface area contributed by atoms with Gasteiger partial charge >= 0.3 is 5.97 Å². The Labute approximate surface area is 323 Å². The maximum Gasteiger partial charge on any atom is 0.341 e. The Bertz CT molecular complexity index is 2280. The van der Waals surface area contributed by atoms with Gasteiger partial charge in [0.1, 0.15) is 33.4 Å². The number of hydrogen-bond acceptors (Lipinski definition) is 8. The molecule has 288 valence electrons. The summed E-state index contributed by atoms with van der Waals surface area (Å²) in [6.45, 7) is 10.9. The van der Waals surface area contributed by atoms with Crippen molar-refractivity contribution in [1.82, 2.24) is 8.96 Å². The topological polar surface area (TPSA) is 106 Å². The maximum absolute atomic E-state index is 14.5. The number of pyridine rings is 1. The van der Waals surface area contributed by atoms with Gasteiger partial charge in [-0.15, -0.1) is 0 Å². The number of carbonyl (C=O) groups is 1. The minimum Gasteiger partial charge on any atom is -0.493 e. The lowest BCUT2D eigenvalue weighted by atomic mass is 9.99. The third kappa shape index (κ3) is 7.76. The van der Waals surface area contributed by atoms with Crippen LogP contribution in [0.5, 0.6) is 11.5 Å². The first-order valence-electron chi connectivity index (χ1n) is 18.3. The second kappa shape index (κ2) is 16.0. The van der Waals surface area contributed by atoms with E-state index in [1.165, 1.54) is 35.9 Å². The van der Waals surface area contributed by atoms with Crippen LogP contribution in [0.1, 0.15) is 64.2 Å². The summed E-state index contributed by atoms with van der Waals surface area (Å²) in [4.78, 5) is 16.7. The van der Waals surface area contributed by atoms with Gasteiger partial charge in [-0.1, -0.05) is 93.6 Å². The number of halogens is 1. The van der Waals surface area contributed by atoms with Gasteiger partial charge in [0.25, 0.3) is 18.3 Å². The van der Waals surface area contributed by atoms with E-state index in [0.717, 1.165) is 16.1 Å². The molecule has 0 radical (unpaired) electrons. The van der Waals surface area contributed by atoms with E-state index in [0.29, 0.717) is 30.6 Å². The minimum absolute atomic E-state index is 0.0303. The molecule has 2 atom stereocenters. The Hall–Kier alpha value is -5.04. The zero-order valence-corrected chi connectivity index (χ0v) is 33.8. The third-order valence-electron chi connectivity index (χ3n) is 10.1. The van der Waals surface area contributed by atoms with Crippen molar-refractivity contribution in [3.05, 3.63) is 139 Å². The highest BCUT2D eigenvalue weighted by Gasteiger charge is 2.50. The minimum atomic E-state index is -4.12. The number of hydrogen-bond donors (Lipinski definition) is 0. The van der Waals surface area contributed by atoms with E-state index in [-0.39, 0.29) is 40.3 Å². The van der Waals surface area contributed by atoms with Crippen molar-refractivity contribution in [2.45, 2.75) is 69.8 Å². The van der Waals surface area contributed by atoms with Crippen LogP contribution in [-0.4, -0.2) is 56.2 Å². The number of methoxy groups -OCH3 is 1. The lowest BCUT2D eigenvalue weighted by molar-refractivity contribution is 0.0597. The normalized spacial score (nSPS) is 16.7. The van der Waals surface area contributed by atoms with E-state index >= 15 is 0 Å². The molecule has 1 aliphatic carbocycles. The fourth-order valence-corrected chi connectivity index (χ4v) is 13.5. The number of benzene rings is 3. The van der Waals surface area contributed by atoms with Gasteiger partial charge in [0, 0.05) is 24.3 Å². The molecule has 0 aliphatic heterocycles. The fourth-order valence-electron chi connectivity index (χ4n) is 7.19. The number of rotatable bonds is 14. The predicted molar refractivity (Wildman–Crippen MR) is 215 cm³/mol. The van der Waals surface area contributed by atoms with Crippen LogP contribution >= 0.6 is 0 Å². The van der Waals surface area contributed by atoms with E-state index < -0.39 is 34.9 Å². The number of allylic oxidation sites excluding steroid dienone is 3. The first-order valence-corrected chi connectivity index (χ1v) is 21.6. The van der Waals surface area contributed by atoms with Gasteiger partial charge in [-0.3, -0.25) is 0 Å². The lowest BCUT2D eigenvalue weighted by Gasteiger charge is -2.43. The van der Waals surface area contributed by atoms with Gasteiger partial charge in [-0.25, -0.2) is 26.6 Å². The van der Waals surface area contributed by atoms with Gasteiger partial charge in [0.15, 0.2) is 5.65 Å². The summed E-state index contributed by atoms with van der Waals surface area (Å²) in [6.07, 6.45) is 9.39. The molecule has 0 amide bonds. The van der Waals surface area contributed by atoms with Crippen LogP contribution in [0.2, 0.25) is 5.04 Å². The molecule has 0 saturated carbocycles. The molecule has 55 heavy (non-hydrogen) atoms. The molecule has 0 bridgehead atoms. The Balaban J connectivity index is 1.17. The van der Waals surface area contributed by atoms with Crippen LogP contribution in [0.4, 0.5) is 4.39 Å². The van der Waals surface area contributed by atoms with Crippen molar-refractivity contribution in [3.8, 4) is 11.5 Å². The Morgan fingerprint density at radius 1 is 1.00 bits per heavy atom. The van der Waals surface area contributed by atoms with Crippen LogP contribution < -0.4 is 15.1 Å². The van der Waals surface area contributed by atoms with Gasteiger partial charge in [-0.2, -0.15) is 0 Å². The van der Waals surface area contributed by atoms with Crippen molar-refractivity contribution < 1.29 is 36.2 Å². The van der Waals surface area contributed by atoms with Crippen molar-refractivity contribution in [3.63, 3.8) is 0 Å². The maximum atomic E-state index is 14.5. The van der Waals surface area contributed by atoms with Crippen LogP contribution in [0.15, 0.2) is 127 Å². The van der Waals surface area contributed by atoms with Crippen LogP contribution in [0.25, 0.3) is 11.0 Å². The molecular formula is C43H47FN2O7SSi. The molecule has 9 nitrogen and oxygen atoms in total. The van der Waals surface area contributed by atoms with Crippen LogP contribution in [-0.2, 0) is 23.9 Å². The average molecular weight is 783 g/mol. The first kappa shape index (κ1) is 39.6. The SMILES string of the molecule is COC(=O)c1ccc(F)cc1Oc1cnc2c(ccn2S(=O)(=O)[C@]2(C)CC=CC=C2OC(C)CCCO[Si](c2ccccc2)(c2ccccc2)C(C)(C)C)c1. The molecule has 3 aromatic carbocycles. The second-order valence-electron chi connectivity index (χ2n) is 14.9. The highest BCUT2D eigenvalue weighted by atomic mass is 32.2. The Morgan fingerprint density at radius 2 is 1.67 bits per heavy atom. The zero-order valence-electron chi connectivity index (χ0n) is 32.0. The summed E-state index contributed by atoms with van der Waals surface area (Å²) in [5, 5.41) is 2.75. The molecule has 2 heterocycles. The van der Waals surface area contributed by atoms with Crippen LogP contribution in [0.3, 0.4) is 0 Å².